The van der Waals surface area contributed by atoms with Gasteiger partial charge in [0, 0.05) is 24.6 Å². The summed E-state index contributed by atoms with van der Waals surface area (Å²) in [7, 11) is 0. The molecule has 0 spiro atoms. The van der Waals surface area contributed by atoms with Gasteiger partial charge in [0.1, 0.15) is 11.9 Å². The van der Waals surface area contributed by atoms with Gasteiger partial charge in [-0.25, -0.2) is 14.5 Å². The highest BCUT2D eigenvalue weighted by Gasteiger charge is 2.34. The van der Waals surface area contributed by atoms with Gasteiger partial charge < -0.3 is 14.8 Å². The minimum atomic E-state index is -4.56. The molecule has 0 bridgehead atoms. The Kier molecular flexibility index (Phi) is 6.27. The summed E-state index contributed by atoms with van der Waals surface area (Å²) in [5.41, 5.74) is 0.0881. The predicted molar refractivity (Wildman–Crippen MR) is 123 cm³/mol. The minimum Gasteiger partial charge on any atom is -0.460 e. The Morgan fingerprint density at radius 1 is 1.17 bits per heavy atom. The minimum absolute atomic E-state index is 0.0324. The number of carbonyl (C=O) groups excluding carboxylic acids is 1. The summed E-state index contributed by atoms with van der Waals surface area (Å²) in [6.07, 6.45) is -0.438. The number of hydrogen-bond donors (Lipinski definition) is 1. The number of fused-ring (bicyclic) bond motifs is 1. The quantitative estimate of drug-likeness (QED) is 0.437. The van der Waals surface area contributed by atoms with E-state index in [1.807, 2.05) is 0 Å². The van der Waals surface area contributed by atoms with Crippen LogP contribution in [0, 0.1) is 6.92 Å². The van der Waals surface area contributed by atoms with Crippen molar-refractivity contribution in [3.8, 4) is 17.3 Å². The molecular weight excluding hydrogens is 477 g/mol. The number of halogens is 3. The Labute approximate surface area is 203 Å². The molecule has 1 fully saturated rings. The lowest BCUT2D eigenvalue weighted by Crippen LogP contribution is -2.26. The van der Waals surface area contributed by atoms with Crippen LogP contribution in [-0.2, 0) is 10.9 Å². The van der Waals surface area contributed by atoms with E-state index in [-0.39, 0.29) is 34.9 Å². The Hall–Kier alpha value is -4.06. The van der Waals surface area contributed by atoms with E-state index >= 15 is 0 Å². The number of anilines is 1. The van der Waals surface area contributed by atoms with Crippen LogP contribution < -0.4 is 10.1 Å². The first-order valence-corrected chi connectivity index (χ1v) is 11.2. The van der Waals surface area contributed by atoms with Crippen LogP contribution in [0.25, 0.3) is 16.9 Å². The van der Waals surface area contributed by atoms with E-state index in [9.17, 15) is 18.0 Å². The molecule has 5 rings (SSSR count). The van der Waals surface area contributed by atoms with Crippen molar-refractivity contribution in [2.24, 2.45) is 0 Å². The molecule has 1 saturated heterocycles. The summed E-state index contributed by atoms with van der Waals surface area (Å²) in [5, 5.41) is 6.97. The van der Waals surface area contributed by atoms with Crippen molar-refractivity contribution in [3.63, 3.8) is 0 Å². The van der Waals surface area contributed by atoms with Crippen LogP contribution in [0.3, 0.4) is 0 Å². The monoisotopic (exact) mass is 498 g/mol. The third-order valence-electron chi connectivity index (χ3n) is 5.71. The van der Waals surface area contributed by atoms with Gasteiger partial charge in [0.2, 0.25) is 0 Å². The molecule has 1 N–H and O–H groups in total. The van der Waals surface area contributed by atoms with Crippen LogP contribution >= 0.6 is 0 Å². The van der Waals surface area contributed by atoms with Gasteiger partial charge in [0.25, 0.3) is 5.91 Å². The highest BCUT2D eigenvalue weighted by atomic mass is 19.4. The average Bonchev–Trinajstić information content (AvgIpc) is 3.29. The second-order valence-corrected chi connectivity index (χ2v) is 8.24. The number of hydrogen-bond acceptors (Lipinski definition) is 7. The van der Waals surface area contributed by atoms with Gasteiger partial charge in [-0.2, -0.15) is 23.3 Å². The number of imidazole rings is 1. The zero-order chi connectivity index (χ0) is 25.3. The van der Waals surface area contributed by atoms with E-state index in [2.05, 4.69) is 25.4 Å². The van der Waals surface area contributed by atoms with Crippen molar-refractivity contribution in [2.45, 2.75) is 32.0 Å². The van der Waals surface area contributed by atoms with E-state index in [4.69, 9.17) is 9.47 Å². The Bertz CT molecular complexity index is 1420. The number of alkyl halides is 3. The van der Waals surface area contributed by atoms with E-state index in [1.165, 1.54) is 47.2 Å². The number of nitrogens with one attached hydrogen (secondary N) is 1. The summed E-state index contributed by atoms with van der Waals surface area (Å²) < 4.78 is 53.1. The van der Waals surface area contributed by atoms with E-state index in [0.29, 0.717) is 37.3 Å². The second-order valence-electron chi connectivity index (χ2n) is 8.24. The van der Waals surface area contributed by atoms with Gasteiger partial charge in [-0.05, 0) is 30.7 Å². The van der Waals surface area contributed by atoms with E-state index in [0.717, 1.165) is 6.07 Å². The topological polar surface area (TPSA) is 104 Å². The van der Waals surface area contributed by atoms with Crippen LogP contribution in [0.5, 0.6) is 6.01 Å². The van der Waals surface area contributed by atoms with Crippen LogP contribution in [0.1, 0.15) is 34.5 Å². The summed E-state index contributed by atoms with van der Waals surface area (Å²) in [6.45, 7) is 2.88. The van der Waals surface area contributed by atoms with Crippen LogP contribution in [-0.4, -0.2) is 49.8 Å². The third-order valence-corrected chi connectivity index (χ3v) is 5.71. The molecule has 36 heavy (non-hydrogen) atoms. The maximum atomic E-state index is 13.6. The largest absolute Gasteiger partial charge is 0.460 e. The molecule has 4 heterocycles. The molecule has 9 nitrogen and oxygen atoms in total. The Morgan fingerprint density at radius 3 is 2.72 bits per heavy atom. The van der Waals surface area contributed by atoms with Crippen molar-refractivity contribution in [3.05, 3.63) is 65.6 Å². The molecule has 1 aromatic carbocycles. The molecule has 1 aliphatic rings. The van der Waals surface area contributed by atoms with Crippen molar-refractivity contribution in [1.82, 2.24) is 24.6 Å². The molecule has 0 radical (unpaired) electrons. The van der Waals surface area contributed by atoms with Crippen LogP contribution in [0.15, 0.2) is 48.8 Å². The normalized spacial score (nSPS) is 14.7. The number of aromatic nitrogens is 5. The molecular formula is C24H21F3N6O3. The number of aryl methyl sites for hydroxylation is 1. The lowest BCUT2D eigenvalue weighted by Gasteiger charge is -2.22. The molecule has 0 atom stereocenters. The zero-order valence-corrected chi connectivity index (χ0v) is 19.1. The highest BCUT2D eigenvalue weighted by Crippen LogP contribution is 2.36. The molecule has 0 unspecified atom stereocenters. The zero-order valence-electron chi connectivity index (χ0n) is 19.1. The summed E-state index contributed by atoms with van der Waals surface area (Å²) in [4.78, 5) is 25.6. The second kappa shape index (κ2) is 9.53. The maximum Gasteiger partial charge on any atom is 0.417 e. The van der Waals surface area contributed by atoms with Crippen LogP contribution in [0.4, 0.5) is 19.0 Å². The number of amides is 1. The number of nitrogens with zero attached hydrogens (tertiary/aromatic N) is 5. The fraction of sp³-hybridized carbons (Fsp3) is 0.292. The molecule has 0 saturated carbocycles. The molecule has 3 aromatic heterocycles. The molecule has 12 heteroatoms. The van der Waals surface area contributed by atoms with Crippen molar-refractivity contribution >= 4 is 17.4 Å². The SMILES string of the molecule is Cc1cc(-c2ccccc2C(F)(F)F)nn2c(C(=O)Nc3ccnc(OC4CCOCC4)n3)cnc12. The van der Waals surface area contributed by atoms with Crippen molar-refractivity contribution in [1.29, 1.82) is 0 Å². The molecule has 1 amide bonds. The number of ether oxygens (including phenoxy) is 2. The lowest BCUT2D eigenvalue weighted by molar-refractivity contribution is -0.137. The van der Waals surface area contributed by atoms with Crippen molar-refractivity contribution < 1.29 is 27.4 Å². The molecule has 4 aromatic rings. The first-order chi connectivity index (χ1) is 17.3. The number of rotatable bonds is 5. The Morgan fingerprint density at radius 2 is 1.94 bits per heavy atom. The summed E-state index contributed by atoms with van der Waals surface area (Å²) in [6, 6.07) is 8.29. The van der Waals surface area contributed by atoms with Gasteiger partial charge in [0.05, 0.1) is 30.7 Å². The molecule has 0 aliphatic carbocycles. The number of carbonyl (C=O) groups is 1. The summed E-state index contributed by atoms with van der Waals surface area (Å²) in [5.74, 6) is -0.395. The van der Waals surface area contributed by atoms with Gasteiger partial charge in [-0.15, -0.1) is 0 Å². The first-order valence-electron chi connectivity index (χ1n) is 11.2. The van der Waals surface area contributed by atoms with E-state index < -0.39 is 17.6 Å². The predicted octanol–water partition coefficient (Wildman–Crippen LogP) is 4.32. The number of benzene rings is 1. The van der Waals surface area contributed by atoms with Crippen LogP contribution in [0.2, 0.25) is 0 Å². The fourth-order valence-electron chi connectivity index (χ4n) is 3.95. The smallest absolute Gasteiger partial charge is 0.417 e. The van der Waals surface area contributed by atoms with Gasteiger partial charge in [-0.3, -0.25) is 4.79 Å². The van der Waals surface area contributed by atoms with Gasteiger partial charge in [-0.1, -0.05) is 18.2 Å². The highest BCUT2D eigenvalue weighted by molar-refractivity contribution is 6.03. The Balaban J connectivity index is 1.44. The fourth-order valence-corrected chi connectivity index (χ4v) is 3.95. The lowest BCUT2D eigenvalue weighted by atomic mass is 10.0. The third kappa shape index (κ3) is 4.85. The molecule has 1 aliphatic heterocycles. The van der Waals surface area contributed by atoms with E-state index in [1.54, 1.807) is 6.92 Å². The summed E-state index contributed by atoms with van der Waals surface area (Å²) >= 11 is 0. The standard InChI is InChI=1S/C24H21F3N6O3/c1-14-12-18(16-4-2-3-5-17(16)24(25,26)27)32-33-19(13-29-21(14)33)22(34)30-20-6-9-28-23(31-20)36-15-7-10-35-11-8-15/h2-6,9,12-13,15H,7-8,10-11H2,1H3,(H,28,30,31,34). The maximum absolute atomic E-state index is 13.6. The average molecular weight is 498 g/mol. The van der Waals surface area contributed by atoms with Gasteiger partial charge in [0.15, 0.2) is 11.3 Å². The molecule has 186 valence electrons. The van der Waals surface area contributed by atoms with Crippen molar-refractivity contribution in [2.75, 3.05) is 18.5 Å². The van der Waals surface area contributed by atoms with Gasteiger partial charge >= 0.3 is 12.2 Å². The first kappa shape index (κ1) is 23.7.